The monoisotopic (exact) mass is 429 g/mol. The number of halogens is 1. The van der Waals surface area contributed by atoms with E-state index in [1.165, 1.54) is 29.8 Å². The number of esters is 1. The summed E-state index contributed by atoms with van der Waals surface area (Å²) < 4.78 is 5.95. The van der Waals surface area contributed by atoms with Gasteiger partial charge in [0.1, 0.15) is 12.0 Å². The molecule has 4 aliphatic rings. The average molecular weight is 430 g/mol. The third-order valence-electron chi connectivity index (χ3n) is 8.25. The van der Waals surface area contributed by atoms with Crippen LogP contribution in [0.4, 0.5) is 5.69 Å². The number of benzene rings is 1. The van der Waals surface area contributed by atoms with Crippen molar-refractivity contribution in [2.45, 2.75) is 45.6 Å². The topological polar surface area (TPSA) is 34.0 Å². The normalized spacial score (nSPS) is 36.7. The summed E-state index contributed by atoms with van der Waals surface area (Å²) in [5, 5.41) is 0.780. The molecular weight excluding hydrogens is 396 g/mol. The Morgan fingerprint density at radius 2 is 1.97 bits per heavy atom. The van der Waals surface area contributed by atoms with E-state index in [-0.39, 0.29) is 29.3 Å². The molecular formula is C25H34ClN2O2+. The number of quaternary nitrogens is 1. The highest BCUT2D eigenvalue weighted by Crippen LogP contribution is 2.53. The number of rotatable bonds is 3. The van der Waals surface area contributed by atoms with E-state index in [1.54, 1.807) is 5.57 Å². The van der Waals surface area contributed by atoms with Gasteiger partial charge >= 0.3 is 5.97 Å². The molecule has 0 spiro atoms. The molecule has 30 heavy (non-hydrogen) atoms. The number of nitrogens with one attached hydrogen (secondary N) is 1. The first kappa shape index (κ1) is 20.4. The second-order valence-corrected chi connectivity index (χ2v) is 10.7. The predicted octanol–water partition coefficient (Wildman–Crippen LogP) is 3.36. The largest absolute Gasteiger partial charge is 0.461 e. The Morgan fingerprint density at radius 1 is 1.23 bits per heavy atom. The summed E-state index contributed by atoms with van der Waals surface area (Å²) >= 11 is 6.03. The predicted molar refractivity (Wildman–Crippen MR) is 120 cm³/mol. The van der Waals surface area contributed by atoms with Gasteiger partial charge in [0, 0.05) is 16.6 Å². The Bertz CT molecular complexity index is 830. The highest BCUT2D eigenvalue weighted by Gasteiger charge is 2.52. The number of hydrogen-bond donors (Lipinski definition) is 1. The summed E-state index contributed by atoms with van der Waals surface area (Å²) in [6, 6.07) is 8.12. The summed E-state index contributed by atoms with van der Waals surface area (Å²) in [6.45, 7) is 9.84. The van der Waals surface area contributed by atoms with Gasteiger partial charge in [-0.1, -0.05) is 43.5 Å². The Morgan fingerprint density at radius 3 is 2.70 bits per heavy atom. The fraction of sp³-hybridized carbons (Fsp3) is 0.640. The molecule has 1 N–H and O–H groups in total. The zero-order valence-electron chi connectivity index (χ0n) is 18.2. The minimum absolute atomic E-state index is 0.0262. The first-order valence-corrected chi connectivity index (χ1v) is 12.1. The maximum absolute atomic E-state index is 12.8. The second-order valence-electron chi connectivity index (χ2n) is 10.3. The fourth-order valence-electron chi connectivity index (χ4n) is 6.53. The van der Waals surface area contributed by atoms with Gasteiger partial charge in [0.15, 0.2) is 0 Å². The molecule has 0 radical (unpaired) electrons. The molecule has 1 saturated carbocycles. The van der Waals surface area contributed by atoms with Crippen molar-refractivity contribution in [3.05, 3.63) is 40.9 Å². The molecule has 5 rings (SSSR count). The van der Waals surface area contributed by atoms with E-state index in [4.69, 9.17) is 16.3 Å². The Hall–Kier alpha value is -1.52. The van der Waals surface area contributed by atoms with Crippen molar-refractivity contribution in [1.29, 1.82) is 0 Å². The number of nitrogens with zero attached hydrogens (tertiary/aromatic N) is 1. The van der Waals surface area contributed by atoms with Gasteiger partial charge in [-0.05, 0) is 54.9 Å². The summed E-state index contributed by atoms with van der Waals surface area (Å²) in [5.74, 6) is 1.00. The maximum Gasteiger partial charge on any atom is 0.315 e. The molecule has 5 heteroatoms. The standard InChI is InChI=1S/C25H33ClN2O2/c1-17-4-3-9-25(2)15-23-20(14-22(17)25)21(24(29)30-23)16-27-10-12-28(13-11-27)19-7-5-18(26)6-8-19/h5-8,14,17,20-21,23H,3-4,9-13,15-16H2,1-2H3/p+1/t17-,20+,21+,23+,25+/m0/s1. The van der Waals surface area contributed by atoms with Crippen molar-refractivity contribution in [1.82, 2.24) is 0 Å². The van der Waals surface area contributed by atoms with Crippen LogP contribution < -0.4 is 9.80 Å². The van der Waals surface area contributed by atoms with Crippen LogP contribution in [0.3, 0.4) is 0 Å². The first-order valence-electron chi connectivity index (χ1n) is 11.7. The van der Waals surface area contributed by atoms with Gasteiger partial charge in [0.2, 0.25) is 0 Å². The van der Waals surface area contributed by atoms with Crippen molar-refractivity contribution in [3.8, 4) is 0 Å². The van der Waals surface area contributed by atoms with Gasteiger partial charge < -0.3 is 14.5 Å². The van der Waals surface area contributed by atoms with Crippen molar-refractivity contribution in [3.63, 3.8) is 0 Å². The van der Waals surface area contributed by atoms with Crippen LogP contribution in [0.2, 0.25) is 5.02 Å². The minimum atomic E-state index is 0.0262. The molecule has 0 bridgehead atoms. The SMILES string of the molecule is C[C@H]1CCC[C@]2(C)C[C@H]3OC(=O)[C@H](C[NH+]4CCN(c5ccc(Cl)cc5)CC4)[C@H]3C=C12. The number of allylic oxidation sites excluding steroid dienone is 1. The molecule has 0 amide bonds. The Kier molecular flexibility index (Phi) is 5.35. The molecule has 1 aromatic carbocycles. The van der Waals surface area contributed by atoms with Crippen LogP contribution in [0.25, 0.3) is 0 Å². The lowest BCUT2D eigenvalue weighted by Crippen LogP contribution is -3.15. The van der Waals surface area contributed by atoms with E-state index in [0.29, 0.717) is 5.92 Å². The van der Waals surface area contributed by atoms with Crippen LogP contribution in [0.15, 0.2) is 35.9 Å². The third-order valence-corrected chi connectivity index (χ3v) is 8.50. The van der Waals surface area contributed by atoms with Crippen molar-refractivity contribution in [2.24, 2.45) is 23.2 Å². The molecule has 3 fully saturated rings. The van der Waals surface area contributed by atoms with Crippen molar-refractivity contribution >= 4 is 23.3 Å². The zero-order chi connectivity index (χ0) is 20.9. The highest BCUT2D eigenvalue weighted by molar-refractivity contribution is 6.30. The summed E-state index contributed by atoms with van der Waals surface area (Å²) in [4.78, 5) is 16.8. The van der Waals surface area contributed by atoms with E-state index < -0.39 is 0 Å². The van der Waals surface area contributed by atoms with E-state index in [2.05, 4.69) is 37.0 Å². The molecule has 2 saturated heterocycles. The highest BCUT2D eigenvalue weighted by atomic mass is 35.5. The van der Waals surface area contributed by atoms with Crippen molar-refractivity contribution < 1.29 is 14.4 Å². The van der Waals surface area contributed by atoms with Crippen LogP contribution in [-0.4, -0.2) is 44.8 Å². The van der Waals surface area contributed by atoms with Crippen LogP contribution in [0.1, 0.15) is 39.5 Å². The van der Waals surface area contributed by atoms with Crippen LogP contribution in [0.5, 0.6) is 0 Å². The molecule has 2 aliphatic heterocycles. The van der Waals surface area contributed by atoms with Crippen molar-refractivity contribution in [2.75, 3.05) is 37.6 Å². The first-order chi connectivity index (χ1) is 14.4. The summed E-state index contributed by atoms with van der Waals surface area (Å²) in [6.07, 6.45) is 7.43. The van der Waals surface area contributed by atoms with E-state index in [9.17, 15) is 4.79 Å². The lowest BCUT2D eigenvalue weighted by atomic mass is 9.59. The smallest absolute Gasteiger partial charge is 0.315 e. The molecule has 0 aromatic heterocycles. The lowest BCUT2D eigenvalue weighted by Gasteiger charge is -2.46. The summed E-state index contributed by atoms with van der Waals surface area (Å²) in [5.41, 5.74) is 3.09. The number of fused-ring (bicyclic) bond motifs is 2. The van der Waals surface area contributed by atoms with Crippen LogP contribution in [0, 0.1) is 23.2 Å². The van der Waals surface area contributed by atoms with E-state index >= 15 is 0 Å². The number of piperazine rings is 1. The Balaban J connectivity index is 1.25. The maximum atomic E-state index is 12.8. The lowest BCUT2D eigenvalue weighted by molar-refractivity contribution is -0.903. The van der Waals surface area contributed by atoms with E-state index in [0.717, 1.165) is 44.2 Å². The third kappa shape index (κ3) is 3.67. The number of hydrogen-bond acceptors (Lipinski definition) is 3. The molecule has 2 aliphatic carbocycles. The zero-order valence-corrected chi connectivity index (χ0v) is 19.0. The summed E-state index contributed by atoms with van der Waals surface area (Å²) in [7, 11) is 0. The Labute approximate surface area is 185 Å². The van der Waals surface area contributed by atoms with Crippen LogP contribution in [-0.2, 0) is 9.53 Å². The number of anilines is 1. The van der Waals surface area contributed by atoms with Crippen LogP contribution >= 0.6 is 11.6 Å². The molecule has 162 valence electrons. The molecule has 5 atom stereocenters. The minimum Gasteiger partial charge on any atom is -0.461 e. The van der Waals surface area contributed by atoms with Gasteiger partial charge in [0.25, 0.3) is 0 Å². The number of ether oxygens (including phenoxy) is 1. The average Bonchev–Trinajstić information content (AvgIpc) is 3.01. The van der Waals surface area contributed by atoms with E-state index in [1.807, 2.05) is 12.1 Å². The number of carbonyl (C=O) groups excluding carboxylic acids is 1. The fourth-order valence-corrected chi connectivity index (χ4v) is 6.66. The second kappa shape index (κ2) is 7.87. The molecule has 1 aromatic rings. The molecule has 4 nitrogen and oxygen atoms in total. The molecule has 2 heterocycles. The quantitative estimate of drug-likeness (QED) is 0.591. The number of carbonyl (C=O) groups is 1. The van der Waals surface area contributed by atoms with Gasteiger partial charge in [-0.3, -0.25) is 4.79 Å². The molecule has 0 unspecified atom stereocenters. The van der Waals surface area contributed by atoms with Gasteiger partial charge in [-0.15, -0.1) is 0 Å². The van der Waals surface area contributed by atoms with Gasteiger partial charge in [0.05, 0.1) is 32.7 Å². The van der Waals surface area contributed by atoms with Gasteiger partial charge in [-0.25, -0.2) is 0 Å². The van der Waals surface area contributed by atoms with Gasteiger partial charge in [-0.2, -0.15) is 0 Å².